The number of carbonyl (C=O) groups excluding carboxylic acids is 1. The number of benzene rings is 1. The van der Waals surface area contributed by atoms with E-state index < -0.39 is 0 Å². The Bertz CT molecular complexity index is 405. The van der Waals surface area contributed by atoms with E-state index in [1.54, 1.807) is 0 Å². The molecule has 3 nitrogen and oxygen atoms in total. The first-order valence-corrected chi connectivity index (χ1v) is 6.65. The molecule has 1 fully saturated rings. The molecule has 1 aromatic rings. The van der Waals surface area contributed by atoms with Crippen LogP contribution in [0.3, 0.4) is 0 Å². The summed E-state index contributed by atoms with van der Waals surface area (Å²) in [6.07, 6.45) is 3.12. The minimum atomic E-state index is -0.122. The molecule has 0 aromatic heterocycles. The highest BCUT2D eigenvalue weighted by Gasteiger charge is 2.29. The molecule has 1 heterocycles. The summed E-state index contributed by atoms with van der Waals surface area (Å²) in [4.78, 5) is 13.9. The van der Waals surface area contributed by atoms with Crippen LogP contribution in [0.25, 0.3) is 0 Å². The van der Waals surface area contributed by atoms with Crippen molar-refractivity contribution in [3.63, 3.8) is 0 Å². The number of carbonyl (C=O) groups is 1. The topological polar surface area (TPSA) is 29.5 Å². The Labute approximate surface area is 113 Å². The van der Waals surface area contributed by atoms with Crippen LogP contribution in [-0.4, -0.2) is 30.6 Å². The fourth-order valence-corrected chi connectivity index (χ4v) is 2.53. The number of hydrogen-bond acceptors (Lipinski definition) is 3. The summed E-state index contributed by atoms with van der Waals surface area (Å²) in [7, 11) is 1.46. The number of nitrogens with zero attached hydrogens (tertiary/aromatic N) is 1. The van der Waals surface area contributed by atoms with Crippen molar-refractivity contribution in [2.24, 2.45) is 0 Å². The maximum atomic E-state index is 11.7. The number of halogens is 1. The van der Waals surface area contributed by atoms with E-state index in [0.29, 0.717) is 0 Å². The summed E-state index contributed by atoms with van der Waals surface area (Å²) in [5, 5.41) is 0.738. The van der Waals surface area contributed by atoms with Gasteiger partial charge in [0, 0.05) is 11.6 Å². The number of likely N-dealkylation sites (tertiary alicyclic amines) is 1. The molecule has 1 atom stereocenters. The van der Waals surface area contributed by atoms with E-state index in [2.05, 4.69) is 4.90 Å². The van der Waals surface area contributed by atoms with Gasteiger partial charge in [0.25, 0.3) is 0 Å². The standard InChI is InChI=1S/C14H18ClNO2/c1-18-14(17)13-4-2-3-9-16(13)10-11-5-7-12(15)8-6-11/h5-8,13H,2-4,9-10H2,1H3. The number of rotatable bonds is 3. The number of methoxy groups -OCH3 is 1. The van der Waals surface area contributed by atoms with Crippen LogP contribution >= 0.6 is 11.6 Å². The molecule has 0 N–H and O–H groups in total. The Morgan fingerprint density at radius 3 is 2.78 bits per heavy atom. The fraction of sp³-hybridized carbons (Fsp3) is 0.500. The zero-order chi connectivity index (χ0) is 13.0. The lowest BCUT2D eigenvalue weighted by Gasteiger charge is -2.33. The van der Waals surface area contributed by atoms with Gasteiger partial charge in [-0.3, -0.25) is 9.69 Å². The van der Waals surface area contributed by atoms with Gasteiger partial charge in [-0.15, -0.1) is 0 Å². The third kappa shape index (κ3) is 3.24. The third-order valence-electron chi connectivity index (χ3n) is 3.39. The molecule has 1 aromatic carbocycles. The van der Waals surface area contributed by atoms with E-state index in [1.165, 1.54) is 12.7 Å². The molecular weight excluding hydrogens is 250 g/mol. The van der Waals surface area contributed by atoms with Crippen LogP contribution in [0, 0.1) is 0 Å². The highest BCUT2D eigenvalue weighted by molar-refractivity contribution is 6.30. The molecule has 1 aliphatic heterocycles. The van der Waals surface area contributed by atoms with E-state index in [4.69, 9.17) is 16.3 Å². The zero-order valence-corrected chi connectivity index (χ0v) is 11.3. The van der Waals surface area contributed by atoms with Crippen LogP contribution in [-0.2, 0) is 16.1 Å². The smallest absolute Gasteiger partial charge is 0.323 e. The molecule has 0 bridgehead atoms. The molecule has 0 amide bonds. The molecule has 1 unspecified atom stereocenters. The van der Waals surface area contributed by atoms with Gasteiger partial charge in [-0.05, 0) is 37.1 Å². The number of esters is 1. The van der Waals surface area contributed by atoms with E-state index >= 15 is 0 Å². The molecule has 0 saturated carbocycles. The SMILES string of the molecule is COC(=O)C1CCCCN1Cc1ccc(Cl)cc1. The molecule has 18 heavy (non-hydrogen) atoms. The van der Waals surface area contributed by atoms with Crippen molar-refractivity contribution >= 4 is 17.6 Å². The van der Waals surface area contributed by atoms with Gasteiger partial charge >= 0.3 is 5.97 Å². The van der Waals surface area contributed by atoms with Crippen molar-refractivity contribution in [1.29, 1.82) is 0 Å². The van der Waals surface area contributed by atoms with Gasteiger partial charge in [-0.25, -0.2) is 0 Å². The lowest BCUT2D eigenvalue weighted by Crippen LogP contribution is -2.44. The molecule has 0 aliphatic carbocycles. The lowest BCUT2D eigenvalue weighted by molar-refractivity contribution is -0.148. The highest BCUT2D eigenvalue weighted by atomic mass is 35.5. The number of hydrogen-bond donors (Lipinski definition) is 0. The Morgan fingerprint density at radius 1 is 1.39 bits per heavy atom. The van der Waals surface area contributed by atoms with Crippen LogP contribution in [0.5, 0.6) is 0 Å². The normalized spacial score (nSPS) is 20.7. The van der Waals surface area contributed by atoms with Crippen LogP contribution in [0.2, 0.25) is 5.02 Å². The first-order valence-electron chi connectivity index (χ1n) is 6.27. The number of ether oxygens (including phenoxy) is 1. The summed E-state index contributed by atoms with van der Waals surface area (Å²) >= 11 is 5.87. The largest absolute Gasteiger partial charge is 0.468 e. The van der Waals surface area contributed by atoms with Crippen molar-refractivity contribution in [1.82, 2.24) is 4.90 Å². The van der Waals surface area contributed by atoms with Crippen molar-refractivity contribution in [2.75, 3.05) is 13.7 Å². The predicted octanol–water partition coefficient (Wildman–Crippen LogP) is 2.87. The average Bonchev–Trinajstić information content (AvgIpc) is 2.41. The fourth-order valence-electron chi connectivity index (χ4n) is 2.41. The van der Waals surface area contributed by atoms with Gasteiger partial charge < -0.3 is 4.74 Å². The maximum absolute atomic E-state index is 11.7. The van der Waals surface area contributed by atoms with Crippen molar-refractivity contribution in [3.8, 4) is 0 Å². The predicted molar refractivity (Wildman–Crippen MR) is 71.5 cm³/mol. The van der Waals surface area contributed by atoms with Gasteiger partial charge in [0.15, 0.2) is 0 Å². The van der Waals surface area contributed by atoms with Crippen LogP contribution < -0.4 is 0 Å². The van der Waals surface area contributed by atoms with Crippen molar-refractivity contribution < 1.29 is 9.53 Å². The summed E-state index contributed by atoms with van der Waals surface area (Å²) in [6.45, 7) is 1.72. The van der Waals surface area contributed by atoms with Gasteiger partial charge in [0.2, 0.25) is 0 Å². The molecule has 98 valence electrons. The number of piperidine rings is 1. The average molecular weight is 268 g/mol. The molecule has 1 saturated heterocycles. The summed E-state index contributed by atoms with van der Waals surface area (Å²) in [6, 6.07) is 7.68. The Hall–Kier alpha value is -1.06. The summed E-state index contributed by atoms with van der Waals surface area (Å²) < 4.78 is 4.88. The second kappa shape index (κ2) is 6.21. The molecule has 0 spiro atoms. The zero-order valence-electron chi connectivity index (χ0n) is 10.6. The minimum Gasteiger partial charge on any atom is -0.468 e. The Balaban J connectivity index is 2.05. The van der Waals surface area contributed by atoms with Gasteiger partial charge in [-0.1, -0.05) is 30.2 Å². The van der Waals surface area contributed by atoms with E-state index in [0.717, 1.165) is 37.4 Å². The van der Waals surface area contributed by atoms with E-state index in [-0.39, 0.29) is 12.0 Å². The second-order valence-electron chi connectivity index (χ2n) is 4.63. The molecule has 4 heteroatoms. The molecule has 2 rings (SSSR count). The van der Waals surface area contributed by atoms with E-state index in [1.807, 2.05) is 24.3 Å². The van der Waals surface area contributed by atoms with E-state index in [9.17, 15) is 4.79 Å². The minimum absolute atomic E-state index is 0.0978. The first-order chi connectivity index (χ1) is 8.70. The lowest BCUT2D eigenvalue weighted by atomic mass is 10.0. The third-order valence-corrected chi connectivity index (χ3v) is 3.64. The van der Waals surface area contributed by atoms with Crippen LogP contribution in [0.1, 0.15) is 24.8 Å². The summed E-state index contributed by atoms with van der Waals surface area (Å²) in [5.41, 5.74) is 1.18. The van der Waals surface area contributed by atoms with Crippen LogP contribution in [0.15, 0.2) is 24.3 Å². The first kappa shape index (κ1) is 13.4. The second-order valence-corrected chi connectivity index (χ2v) is 5.07. The quantitative estimate of drug-likeness (QED) is 0.789. The maximum Gasteiger partial charge on any atom is 0.323 e. The van der Waals surface area contributed by atoms with Crippen molar-refractivity contribution in [2.45, 2.75) is 31.8 Å². The van der Waals surface area contributed by atoms with Gasteiger partial charge in [0.05, 0.1) is 7.11 Å². The van der Waals surface area contributed by atoms with Crippen LogP contribution in [0.4, 0.5) is 0 Å². The Kier molecular flexibility index (Phi) is 4.61. The van der Waals surface area contributed by atoms with Gasteiger partial charge in [-0.2, -0.15) is 0 Å². The highest BCUT2D eigenvalue weighted by Crippen LogP contribution is 2.21. The molecular formula is C14H18ClNO2. The van der Waals surface area contributed by atoms with Gasteiger partial charge in [0.1, 0.15) is 6.04 Å². The molecule has 1 aliphatic rings. The summed E-state index contributed by atoms with van der Waals surface area (Å²) in [5.74, 6) is -0.122. The van der Waals surface area contributed by atoms with Crippen molar-refractivity contribution in [3.05, 3.63) is 34.9 Å². The Morgan fingerprint density at radius 2 is 2.11 bits per heavy atom. The molecule has 0 radical (unpaired) electrons. The monoisotopic (exact) mass is 267 g/mol.